The Morgan fingerprint density at radius 2 is 1.84 bits per heavy atom. The molecule has 0 spiro atoms. The van der Waals surface area contributed by atoms with Crippen molar-refractivity contribution in [1.82, 2.24) is 5.32 Å². The van der Waals surface area contributed by atoms with Crippen LogP contribution < -0.4 is 5.32 Å². The van der Waals surface area contributed by atoms with Crippen LogP contribution in [0.15, 0.2) is 29.6 Å². The SMILES string of the molecule is CCCNC(Cc1cccs1)Cc1ccc(CC)s1. The minimum atomic E-state index is 0.571. The number of rotatable bonds is 8. The molecular formula is C16H23NS2. The van der Waals surface area contributed by atoms with Crippen molar-refractivity contribution in [3.8, 4) is 0 Å². The summed E-state index contributed by atoms with van der Waals surface area (Å²) in [7, 11) is 0. The predicted molar refractivity (Wildman–Crippen MR) is 87.5 cm³/mol. The van der Waals surface area contributed by atoms with Gasteiger partial charge in [0.25, 0.3) is 0 Å². The van der Waals surface area contributed by atoms with Gasteiger partial charge in [0.1, 0.15) is 0 Å². The monoisotopic (exact) mass is 293 g/mol. The van der Waals surface area contributed by atoms with Crippen LogP contribution in [0.25, 0.3) is 0 Å². The smallest absolute Gasteiger partial charge is 0.0164 e. The zero-order chi connectivity index (χ0) is 13.5. The van der Waals surface area contributed by atoms with Crippen LogP contribution in [0.2, 0.25) is 0 Å². The summed E-state index contributed by atoms with van der Waals surface area (Å²) in [5, 5.41) is 5.87. The average Bonchev–Trinajstić information content (AvgIpc) is 3.07. The first kappa shape index (κ1) is 14.8. The van der Waals surface area contributed by atoms with E-state index >= 15 is 0 Å². The van der Waals surface area contributed by atoms with E-state index in [1.807, 2.05) is 22.7 Å². The molecule has 0 aliphatic carbocycles. The minimum absolute atomic E-state index is 0.571. The number of hydrogen-bond donors (Lipinski definition) is 1. The van der Waals surface area contributed by atoms with Crippen LogP contribution in [0.3, 0.4) is 0 Å². The highest BCUT2D eigenvalue weighted by Crippen LogP contribution is 2.20. The van der Waals surface area contributed by atoms with Crippen LogP contribution in [0, 0.1) is 0 Å². The fourth-order valence-corrected chi connectivity index (χ4v) is 4.03. The van der Waals surface area contributed by atoms with Gasteiger partial charge in [-0.05, 0) is 55.8 Å². The van der Waals surface area contributed by atoms with E-state index in [1.165, 1.54) is 21.1 Å². The van der Waals surface area contributed by atoms with E-state index in [-0.39, 0.29) is 0 Å². The Bertz CT molecular complexity index is 459. The standard InChI is InChI=1S/C16H23NS2/c1-3-9-17-13(11-15-6-5-10-18-15)12-16-8-7-14(4-2)19-16/h5-8,10,13,17H,3-4,9,11-12H2,1-2H3. The second kappa shape index (κ2) is 7.83. The van der Waals surface area contributed by atoms with Crippen LogP contribution in [0.5, 0.6) is 0 Å². The molecule has 0 aromatic carbocycles. The van der Waals surface area contributed by atoms with Gasteiger partial charge in [-0.3, -0.25) is 0 Å². The maximum absolute atomic E-state index is 3.70. The van der Waals surface area contributed by atoms with Crippen molar-refractivity contribution >= 4 is 22.7 Å². The van der Waals surface area contributed by atoms with Crippen LogP contribution in [-0.4, -0.2) is 12.6 Å². The lowest BCUT2D eigenvalue weighted by Gasteiger charge is -2.17. The lowest BCUT2D eigenvalue weighted by Crippen LogP contribution is -2.33. The molecule has 1 atom stereocenters. The first-order chi connectivity index (χ1) is 9.31. The Morgan fingerprint density at radius 1 is 1.05 bits per heavy atom. The van der Waals surface area contributed by atoms with Crippen molar-refractivity contribution in [3.63, 3.8) is 0 Å². The van der Waals surface area contributed by atoms with Crippen molar-refractivity contribution in [1.29, 1.82) is 0 Å². The van der Waals surface area contributed by atoms with Gasteiger partial charge in [-0.25, -0.2) is 0 Å². The Morgan fingerprint density at radius 3 is 2.47 bits per heavy atom. The summed E-state index contributed by atoms with van der Waals surface area (Å²) < 4.78 is 0. The van der Waals surface area contributed by atoms with Crippen molar-refractivity contribution in [2.75, 3.05) is 6.54 Å². The maximum atomic E-state index is 3.70. The molecule has 0 aliphatic rings. The van der Waals surface area contributed by atoms with Gasteiger partial charge in [-0.2, -0.15) is 0 Å². The molecule has 0 bridgehead atoms. The normalized spacial score (nSPS) is 12.7. The third kappa shape index (κ3) is 4.75. The lowest BCUT2D eigenvalue weighted by molar-refractivity contribution is 0.510. The van der Waals surface area contributed by atoms with Crippen molar-refractivity contribution in [2.24, 2.45) is 0 Å². The largest absolute Gasteiger partial charge is 0.313 e. The maximum Gasteiger partial charge on any atom is 0.0164 e. The highest BCUT2D eigenvalue weighted by molar-refractivity contribution is 7.12. The summed E-state index contributed by atoms with van der Waals surface area (Å²) in [5.74, 6) is 0. The molecule has 0 amide bonds. The summed E-state index contributed by atoms with van der Waals surface area (Å²) in [6, 6.07) is 9.55. The second-order valence-electron chi connectivity index (χ2n) is 4.86. The van der Waals surface area contributed by atoms with E-state index in [0.29, 0.717) is 6.04 Å². The van der Waals surface area contributed by atoms with E-state index in [2.05, 4.69) is 48.8 Å². The molecule has 0 saturated heterocycles. The van der Waals surface area contributed by atoms with Crippen molar-refractivity contribution < 1.29 is 0 Å². The quantitative estimate of drug-likeness (QED) is 0.754. The average molecular weight is 294 g/mol. The zero-order valence-electron chi connectivity index (χ0n) is 11.8. The van der Waals surface area contributed by atoms with E-state index < -0.39 is 0 Å². The lowest BCUT2D eigenvalue weighted by atomic mass is 10.1. The Kier molecular flexibility index (Phi) is 6.08. The molecule has 1 unspecified atom stereocenters. The van der Waals surface area contributed by atoms with Crippen LogP contribution in [0.4, 0.5) is 0 Å². The van der Waals surface area contributed by atoms with Crippen molar-refractivity contribution in [3.05, 3.63) is 44.3 Å². The molecule has 104 valence electrons. The van der Waals surface area contributed by atoms with Gasteiger partial charge >= 0.3 is 0 Å². The van der Waals surface area contributed by atoms with Gasteiger partial charge < -0.3 is 5.32 Å². The van der Waals surface area contributed by atoms with E-state index in [1.54, 1.807) is 0 Å². The third-order valence-electron chi connectivity index (χ3n) is 3.22. The van der Waals surface area contributed by atoms with Crippen molar-refractivity contribution in [2.45, 2.75) is 45.6 Å². The first-order valence-electron chi connectivity index (χ1n) is 7.15. The van der Waals surface area contributed by atoms with Crippen LogP contribution >= 0.6 is 22.7 Å². The highest BCUT2D eigenvalue weighted by Gasteiger charge is 2.12. The topological polar surface area (TPSA) is 12.0 Å². The summed E-state index contributed by atoms with van der Waals surface area (Å²) >= 11 is 3.84. The van der Waals surface area contributed by atoms with Gasteiger partial charge in [0.2, 0.25) is 0 Å². The molecule has 19 heavy (non-hydrogen) atoms. The Hall–Kier alpha value is -0.640. The number of nitrogens with one attached hydrogen (secondary N) is 1. The molecule has 2 aromatic heterocycles. The van der Waals surface area contributed by atoms with Gasteiger partial charge in [0.15, 0.2) is 0 Å². The molecule has 1 nitrogen and oxygen atoms in total. The summed E-state index contributed by atoms with van der Waals surface area (Å²) in [4.78, 5) is 4.50. The third-order valence-corrected chi connectivity index (χ3v) is 5.37. The van der Waals surface area contributed by atoms with E-state index in [0.717, 1.165) is 25.8 Å². The van der Waals surface area contributed by atoms with Gasteiger partial charge in [0, 0.05) is 20.7 Å². The van der Waals surface area contributed by atoms with Crippen LogP contribution in [0.1, 0.15) is 34.9 Å². The molecule has 3 heteroatoms. The summed E-state index contributed by atoms with van der Waals surface area (Å²) in [6.07, 6.45) is 4.66. The highest BCUT2D eigenvalue weighted by atomic mass is 32.1. The predicted octanol–water partition coefficient (Wildman–Crippen LogP) is 4.53. The van der Waals surface area contributed by atoms with Crippen LogP contribution in [-0.2, 0) is 19.3 Å². The number of hydrogen-bond acceptors (Lipinski definition) is 3. The molecule has 1 N–H and O–H groups in total. The zero-order valence-corrected chi connectivity index (χ0v) is 13.4. The van der Waals surface area contributed by atoms with E-state index in [9.17, 15) is 0 Å². The molecular weight excluding hydrogens is 270 g/mol. The molecule has 0 saturated carbocycles. The van der Waals surface area contributed by atoms with Gasteiger partial charge in [-0.1, -0.05) is 19.9 Å². The number of aryl methyl sites for hydroxylation is 1. The fraction of sp³-hybridized carbons (Fsp3) is 0.500. The molecule has 0 radical (unpaired) electrons. The summed E-state index contributed by atoms with van der Waals surface area (Å²) in [6.45, 7) is 5.58. The van der Waals surface area contributed by atoms with E-state index in [4.69, 9.17) is 0 Å². The molecule has 0 fully saturated rings. The number of thiophene rings is 2. The second-order valence-corrected chi connectivity index (χ2v) is 7.15. The van der Waals surface area contributed by atoms with Gasteiger partial charge in [0.05, 0.1) is 0 Å². The van der Waals surface area contributed by atoms with Gasteiger partial charge in [-0.15, -0.1) is 22.7 Å². The minimum Gasteiger partial charge on any atom is -0.313 e. The summed E-state index contributed by atoms with van der Waals surface area (Å²) in [5.41, 5.74) is 0. The first-order valence-corrected chi connectivity index (χ1v) is 8.84. The fourth-order valence-electron chi connectivity index (χ4n) is 2.20. The Labute approximate surface area is 124 Å². The Balaban J connectivity index is 1.96. The molecule has 2 heterocycles. The molecule has 2 rings (SSSR count). The molecule has 0 aliphatic heterocycles. The molecule has 2 aromatic rings.